The number of anilines is 1. The lowest BCUT2D eigenvalue weighted by atomic mass is 9.78. The lowest BCUT2D eigenvalue weighted by molar-refractivity contribution is 0.107. The van der Waals surface area contributed by atoms with E-state index in [0.29, 0.717) is 27.6 Å². The van der Waals surface area contributed by atoms with Crippen LogP contribution in [0.1, 0.15) is 55.6 Å². The molecule has 4 nitrogen and oxygen atoms in total. The van der Waals surface area contributed by atoms with Gasteiger partial charge in [0.05, 0.1) is 10.6 Å². The van der Waals surface area contributed by atoms with Crippen molar-refractivity contribution >= 4 is 27.3 Å². The van der Waals surface area contributed by atoms with E-state index in [-0.39, 0.29) is 6.04 Å². The van der Waals surface area contributed by atoms with Crippen LogP contribution in [0.4, 0.5) is 5.69 Å². The van der Waals surface area contributed by atoms with E-state index in [0.717, 1.165) is 31.5 Å². The van der Waals surface area contributed by atoms with E-state index in [1.165, 1.54) is 31.2 Å². The summed E-state index contributed by atoms with van der Waals surface area (Å²) in [5.74, 6) is 0.556. The third-order valence-corrected chi connectivity index (χ3v) is 10.1. The highest BCUT2D eigenvalue weighted by Gasteiger charge is 2.38. The van der Waals surface area contributed by atoms with Crippen molar-refractivity contribution in [3.63, 3.8) is 0 Å². The number of rotatable bonds is 6. The Labute approximate surface area is 220 Å². The van der Waals surface area contributed by atoms with Crippen LogP contribution in [-0.2, 0) is 10.0 Å². The lowest BCUT2D eigenvalue weighted by Gasteiger charge is -2.45. The number of nitrogens with zero attached hydrogens (tertiary/aromatic N) is 2. The minimum Gasteiger partial charge on any atom is -0.300 e. The molecule has 190 valence electrons. The molecule has 0 bridgehead atoms. The van der Waals surface area contributed by atoms with Crippen molar-refractivity contribution in [3.8, 4) is 0 Å². The Morgan fingerprint density at radius 3 is 2.11 bits per heavy atom. The van der Waals surface area contributed by atoms with Gasteiger partial charge in [-0.05, 0) is 80.5 Å². The largest absolute Gasteiger partial charge is 0.300 e. The predicted molar refractivity (Wildman–Crippen MR) is 148 cm³/mol. The second kappa shape index (κ2) is 11.0. The number of benzene rings is 3. The van der Waals surface area contributed by atoms with Crippen LogP contribution in [0.3, 0.4) is 0 Å². The van der Waals surface area contributed by atoms with Crippen LogP contribution < -0.4 is 4.31 Å². The van der Waals surface area contributed by atoms with Gasteiger partial charge >= 0.3 is 0 Å². The first-order chi connectivity index (χ1) is 17.4. The van der Waals surface area contributed by atoms with Crippen LogP contribution in [-0.4, -0.2) is 38.5 Å². The summed E-state index contributed by atoms with van der Waals surface area (Å²) < 4.78 is 29.5. The molecule has 2 fully saturated rings. The van der Waals surface area contributed by atoms with Gasteiger partial charge in [-0.2, -0.15) is 0 Å². The quantitative estimate of drug-likeness (QED) is 0.349. The molecule has 1 saturated heterocycles. The smallest absolute Gasteiger partial charge is 0.264 e. The molecule has 5 rings (SSSR count). The third kappa shape index (κ3) is 5.34. The maximum absolute atomic E-state index is 13.9. The first kappa shape index (κ1) is 25.3. The third-order valence-electron chi connectivity index (χ3n) is 7.92. The van der Waals surface area contributed by atoms with Crippen molar-refractivity contribution in [1.29, 1.82) is 0 Å². The molecule has 36 heavy (non-hydrogen) atoms. The van der Waals surface area contributed by atoms with Gasteiger partial charge in [-0.25, -0.2) is 8.42 Å². The molecule has 0 amide bonds. The van der Waals surface area contributed by atoms with Gasteiger partial charge in [-0.3, -0.25) is 9.21 Å². The number of halogens is 1. The molecule has 0 spiro atoms. The zero-order valence-electron chi connectivity index (χ0n) is 20.9. The van der Waals surface area contributed by atoms with Gasteiger partial charge in [-0.15, -0.1) is 0 Å². The van der Waals surface area contributed by atoms with Gasteiger partial charge in [0, 0.05) is 30.2 Å². The highest BCUT2D eigenvalue weighted by atomic mass is 35.5. The second-order valence-corrected chi connectivity index (χ2v) is 12.5. The van der Waals surface area contributed by atoms with Gasteiger partial charge in [0.2, 0.25) is 0 Å². The average molecular weight is 523 g/mol. The summed E-state index contributed by atoms with van der Waals surface area (Å²) in [5.41, 5.74) is 3.16. The highest BCUT2D eigenvalue weighted by molar-refractivity contribution is 7.92. The second-order valence-electron chi connectivity index (χ2n) is 10.2. The predicted octanol–water partition coefficient (Wildman–Crippen LogP) is 7.03. The van der Waals surface area contributed by atoms with Crippen molar-refractivity contribution in [2.45, 2.75) is 68.3 Å². The van der Waals surface area contributed by atoms with Crippen molar-refractivity contribution in [2.24, 2.45) is 0 Å². The molecule has 1 saturated carbocycles. The first-order valence-corrected chi connectivity index (χ1v) is 14.9. The molecule has 1 heterocycles. The molecule has 0 radical (unpaired) electrons. The molecule has 0 aromatic heterocycles. The minimum atomic E-state index is -3.71. The van der Waals surface area contributed by atoms with Crippen molar-refractivity contribution in [1.82, 2.24) is 4.90 Å². The van der Waals surface area contributed by atoms with Crippen LogP contribution in [0, 0.1) is 6.92 Å². The topological polar surface area (TPSA) is 40.6 Å². The Kier molecular flexibility index (Phi) is 7.71. The summed E-state index contributed by atoms with van der Waals surface area (Å²) in [5, 5.41) is 0.602. The number of piperidine rings is 1. The Morgan fingerprint density at radius 2 is 1.44 bits per heavy atom. The number of aryl methyl sites for hydroxylation is 1. The molecule has 3 aromatic rings. The summed E-state index contributed by atoms with van der Waals surface area (Å²) in [4.78, 5) is 2.97. The Morgan fingerprint density at radius 1 is 0.806 bits per heavy atom. The number of likely N-dealkylation sites (tertiary alicyclic amines) is 1. The summed E-state index contributed by atoms with van der Waals surface area (Å²) in [6.45, 7) is 3.79. The van der Waals surface area contributed by atoms with Gasteiger partial charge in [0.1, 0.15) is 0 Å². The fourth-order valence-corrected chi connectivity index (χ4v) is 7.88. The molecule has 2 unspecified atom stereocenters. The Bertz CT molecular complexity index is 1240. The summed E-state index contributed by atoms with van der Waals surface area (Å²) in [6.07, 6.45) is 6.62. The van der Waals surface area contributed by atoms with Gasteiger partial charge in [0.25, 0.3) is 10.0 Å². The van der Waals surface area contributed by atoms with E-state index in [9.17, 15) is 8.42 Å². The summed E-state index contributed by atoms with van der Waals surface area (Å²) >= 11 is 6.15. The van der Waals surface area contributed by atoms with Crippen LogP contribution >= 0.6 is 11.6 Å². The maximum Gasteiger partial charge on any atom is 0.264 e. The monoisotopic (exact) mass is 522 g/mol. The molecule has 0 N–H and O–H groups in total. The van der Waals surface area contributed by atoms with Gasteiger partial charge < -0.3 is 0 Å². The molecular weight excluding hydrogens is 488 g/mol. The van der Waals surface area contributed by atoms with Gasteiger partial charge in [0.15, 0.2) is 0 Å². The van der Waals surface area contributed by atoms with Crippen LogP contribution in [0.2, 0.25) is 5.02 Å². The van der Waals surface area contributed by atoms with Crippen LogP contribution in [0.25, 0.3) is 0 Å². The normalized spacial score (nSPS) is 21.8. The first-order valence-electron chi connectivity index (χ1n) is 13.1. The van der Waals surface area contributed by atoms with E-state index in [1.807, 2.05) is 31.2 Å². The van der Waals surface area contributed by atoms with Crippen molar-refractivity contribution in [3.05, 3.63) is 95.0 Å². The van der Waals surface area contributed by atoms with Crippen molar-refractivity contribution < 1.29 is 8.42 Å². The van der Waals surface area contributed by atoms with E-state index in [1.54, 1.807) is 28.6 Å². The molecular formula is C30H35ClN2O2S. The minimum absolute atomic E-state index is 0.0903. The van der Waals surface area contributed by atoms with E-state index >= 15 is 0 Å². The SMILES string of the molecule is Cc1ccc(S(=O)(=O)N(c2ccc(Cl)cc2)C2CCN(C3CCCCC3c3ccccc3)CC2)cc1. The van der Waals surface area contributed by atoms with E-state index in [4.69, 9.17) is 11.6 Å². The molecule has 3 aromatic carbocycles. The van der Waals surface area contributed by atoms with E-state index < -0.39 is 10.0 Å². The maximum atomic E-state index is 13.9. The zero-order chi connectivity index (χ0) is 25.1. The summed E-state index contributed by atoms with van der Waals surface area (Å²) in [6, 6.07) is 25.7. The van der Waals surface area contributed by atoms with Crippen LogP contribution in [0.5, 0.6) is 0 Å². The number of sulfonamides is 1. The standard InChI is InChI=1S/C30H35ClN2O2S/c1-23-11-17-28(18-12-23)36(34,35)33(26-15-13-25(31)14-16-26)27-19-21-32(22-20-27)30-10-6-5-9-29(30)24-7-3-2-4-8-24/h2-4,7-8,11-18,27,29-30H,5-6,9-10,19-22H2,1H3. The Balaban J connectivity index is 1.39. The molecule has 6 heteroatoms. The Hall–Kier alpha value is -2.34. The van der Waals surface area contributed by atoms with E-state index in [2.05, 4.69) is 35.2 Å². The lowest BCUT2D eigenvalue weighted by Crippen LogP contribution is -2.51. The number of hydrogen-bond donors (Lipinski definition) is 0. The number of hydrogen-bond acceptors (Lipinski definition) is 3. The zero-order valence-corrected chi connectivity index (χ0v) is 22.5. The molecule has 1 aliphatic carbocycles. The summed E-state index contributed by atoms with van der Waals surface area (Å²) in [7, 11) is -3.71. The molecule has 2 aliphatic rings. The highest BCUT2D eigenvalue weighted by Crippen LogP contribution is 2.38. The fraction of sp³-hybridized carbons (Fsp3) is 0.400. The van der Waals surface area contributed by atoms with Crippen molar-refractivity contribution in [2.75, 3.05) is 17.4 Å². The molecule has 2 atom stereocenters. The van der Waals surface area contributed by atoms with Crippen LogP contribution in [0.15, 0.2) is 83.8 Å². The fourth-order valence-electron chi connectivity index (χ4n) is 6.05. The van der Waals surface area contributed by atoms with Gasteiger partial charge in [-0.1, -0.05) is 72.5 Å². The molecule has 1 aliphatic heterocycles. The average Bonchev–Trinajstić information content (AvgIpc) is 2.91.